The maximum Gasteiger partial charge on any atom is 0.229 e. The first-order valence-corrected chi connectivity index (χ1v) is 6.72. The van der Waals surface area contributed by atoms with Gasteiger partial charge in [0.2, 0.25) is 5.91 Å². The van der Waals surface area contributed by atoms with Gasteiger partial charge in [-0.05, 0) is 44.0 Å². The molecule has 0 aliphatic carbocycles. The maximum atomic E-state index is 12.8. The van der Waals surface area contributed by atoms with Crippen LogP contribution in [0.3, 0.4) is 0 Å². The number of carbonyl (C=O) groups excluding carboxylic acids is 1. The van der Waals surface area contributed by atoms with Gasteiger partial charge in [0.05, 0.1) is 5.41 Å². The molecule has 3 nitrogen and oxygen atoms in total. The van der Waals surface area contributed by atoms with Crippen molar-refractivity contribution in [1.82, 2.24) is 10.2 Å². The predicted octanol–water partition coefficient (Wildman–Crippen LogP) is 2.60. The highest BCUT2D eigenvalue weighted by atomic mass is 35.5. The third kappa shape index (κ3) is 3.93. The molecule has 1 aliphatic rings. The van der Waals surface area contributed by atoms with Gasteiger partial charge in [0.25, 0.3) is 0 Å². The topological polar surface area (TPSA) is 32.3 Å². The Hall–Kier alpha value is -1.13. The summed E-state index contributed by atoms with van der Waals surface area (Å²) in [4.78, 5) is 14.2. The van der Waals surface area contributed by atoms with Crippen molar-refractivity contribution < 1.29 is 9.18 Å². The molecule has 0 aromatic heterocycles. The van der Waals surface area contributed by atoms with E-state index in [0.717, 1.165) is 31.5 Å². The molecule has 5 heteroatoms. The molecule has 20 heavy (non-hydrogen) atoms. The molecule has 112 valence electrons. The fourth-order valence-corrected chi connectivity index (χ4v) is 2.64. The highest BCUT2D eigenvalue weighted by Crippen LogP contribution is 2.28. The number of piperidine rings is 1. The monoisotopic (exact) mass is 300 g/mol. The third-order valence-corrected chi connectivity index (χ3v) is 3.79. The van der Waals surface area contributed by atoms with Gasteiger partial charge in [-0.25, -0.2) is 4.39 Å². The molecule has 0 bridgehead atoms. The zero-order chi connectivity index (χ0) is 13.9. The van der Waals surface area contributed by atoms with Crippen LogP contribution in [0.1, 0.15) is 25.3 Å². The van der Waals surface area contributed by atoms with E-state index < -0.39 is 0 Å². The van der Waals surface area contributed by atoms with Crippen molar-refractivity contribution in [2.45, 2.75) is 26.3 Å². The van der Waals surface area contributed by atoms with Gasteiger partial charge in [0.1, 0.15) is 5.82 Å². The van der Waals surface area contributed by atoms with E-state index in [1.54, 1.807) is 17.0 Å². The molecule has 1 saturated heterocycles. The van der Waals surface area contributed by atoms with Gasteiger partial charge >= 0.3 is 0 Å². The molecule has 0 saturated carbocycles. The molecule has 1 heterocycles. The van der Waals surface area contributed by atoms with Crippen molar-refractivity contribution >= 4 is 18.3 Å². The molecule has 0 spiro atoms. The molecule has 1 aliphatic heterocycles. The molecule has 1 N–H and O–H groups in total. The van der Waals surface area contributed by atoms with Crippen molar-refractivity contribution in [3.05, 3.63) is 35.6 Å². The summed E-state index contributed by atoms with van der Waals surface area (Å²) in [7, 11) is 1.81. The highest BCUT2D eigenvalue weighted by molar-refractivity contribution is 5.85. The molecule has 1 fully saturated rings. The molecule has 1 amide bonds. The number of nitrogens with one attached hydrogen (secondary N) is 1. The van der Waals surface area contributed by atoms with Gasteiger partial charge in [0.15, 0.2) is 0 Å². The molecule has 1 unspecified atom stereocenters. The molecule has 1 aromatic rings. The Balaban J connectivity index is 0.00000200. The largest absolute Gasteiger partial charge is 0.341 e. The van der Waals surface area contributed by atoms with Gasteiger partial charge in [-0.2, -0.15) is 0 Å². The lowest BCUT2D eigenvalue weighted by Crippen LogP contribution is -2.48. The van der Waals surface area contributed by atoms with E-state index in [9.17, 15) is 9.18 Å². The quantitative estimate of drug-likeness (QED) is 0.930. The summed E-state index contributed by atoms with van der Waals surface area (Å²) < 4.78 is 12.8. The third-order valence-electron chi connectivity index (χ3n) is 3.79. The van der Waals surface area contributed by atoms with E-state index in [4.69, 9.17) is 0 Å². The number of hydrogen-bond donors (Lipinski definition) is 1. The second-order valence-corrected chi connectivity index (χ2v) is 5.63. The lowest BCUT2D eigenvalue weighted by molar-refractivity contribution is -0.141. The Bertz CT molecular complexity index is 444. The molecule has 1 atom stereocenters. The summed E-state index contributed by atoms with van der Waals surface area (Å²) >= 11 is 0. The summed E-state index contributed by atoms with van der Waals surface area (Å²) in [6.45, 7) is 4.27. The Kier molecular flexibility index (Phi) is 5.96. The average molecular weight is 301 g/mol. The predicted molar refractivity (Wildman–Crippen MR) is 80.3 cm³/mol. The zero-order valence-electron chi connectivity index (χ0n) is 12.0. The first kappa shape index (κ1) is 16.9. The summed E-state index contributed by atoms with van der Waals surface area (Å²) in [6, 6.07) is 6.30. The van der Waals surface area contributed by atoms with Gasteiger partial charge < -0.3 is 10.2 Å². The minimum Gasteiger partial charge on any atom is -0.341 e. The number of amides is 1. The second kappa shape index (κ2) is 7.04. The molecular weight excluding hydrogens is 279 g/mol. The summed E-state index contributed by atoms with van der Waals surface area (Å²) in [6.07, 6.45) is 1.96. The molecule has 2 rings (SSSR count). The lowest BCUT2D eigenvalue weighted by atomic mass is 9.81. The van der Waals surface area contributed by atoms with Crippen LogP contribution >= 0.6 is 12.4 Å². The number of rotatable bonds is 3. The van der Waals surface area contributed by atoms with E-state index in [2.05, 4.69) is 5.32 Å². The average Bonchev–Trinajstić information content (AvgIpc) is 2.41. The van der Waals surface area contributed by atoms with E-state index in [1.165, 1.54) is 12.1 Å². The summed E-state index contributed by atoms with van der Waals surface area (Å²) in [5, 5.41) is 3.29. The first-order valence-electron chi connectivity index (χ1n) is 6.72. The summed E-state index contributed by atoms with van der Waals surface area (Å²) in [5.74, 6) is -0.0924. The van der Waals surface area contributed by atoms with E-state index in [1.807, 2.05) is 14.0 Å². The standard InChI is InChI=1S/C15H21FN2O.ClH/c1-15(8-3-9-17-11-15)14(19)18(2)10-12-4-6-13(16)7-5-12;/h4-7,17H,3,8-11H2,1-2H3;1H. The van der Waals surface area contributed by atoms with Crippen LogP contribution in [0, 0.1) is 11.2 Å². The maximum absolute atomic E-state index is 12.8. The molecule has 0 radical (unpaired) electrons. The Labute approximate surface area is 125 Å². The van der Waals surface area contributed by atoms with Crippen LogP contribution in [-0.2, 0) is 11.3 Å². The van der Waals surface area contributed by atoms with E-state index in [0.29, 0.717) is 6.54 Å². The van der Waals surface area contributed by atoms with Crippen molar-refractivity contribution in [2.24, 2.45) is 5.41 Å². The van der Waals surface area contributed by atoms with E-state index >= 15 is 0 Å². The second-order valence-electron chi connectivity index (χ2n) is 5.63. The van der Waals surface area contributed by atoms with Crippen molar-refractivity contribution in [2.75, 3.05) is 20.1 Å². The number of hydrogen-bond acceptors (Lipinski definition) is 2. The smallest absolute Gasteiger partial charge is 0.229 e. The summed E-state index contributed by atoms with van der Waals surface area (Å²) in [5.41, 5.74) is 0.636. The first-order chi connectivity index (χ1) is 9.01. The van der Waals surface area contributed by atoms with Crippen LogP contribution in [0.25, 0.3) is 0 Å². The van der Waals surface area contributed by atoms with E-state index in [-0.39, 0.29) is 29.5 Å². The van der Waals surface area contributed by atoms with Gasteiger partial charge in [-0.1, -0.05) is 12.1 Å². The zero-order valence-corrected chi connectivity index (χ0v) is 12.8. The highest BCUT2D eigenvalue weighted by Gasteiger charge is 2.36. The van der Waals surface area contributed by atoms with Crippen LogP contribution in [0.15, 0.2) is 24.3 Å². The fourth-order valence-electron chi connectivity index (χ4n) is 2.64. The van der Waals surface area contributed by atoms with Crippen molar-refractivity contribution in [1.29, 1.82) is 0 Å². The minimum absolute atomic E-state index is 0. The fraction of sp³-hybridized carbons (Fsp3) is 0.533. The normalized spacial score (nSPS) is 21.9. The lowest BCUT2D eigenvalue weighted by Gasteiger charge is -2.36. The van der Waals surface area contributed by atoms with Crippen molar-refractivity contribution in [3.63, 3.8) is 0 Å². The molecule has 1 aromatic carbocycles. The van der Waals surface area contributed by atoms with Gasteiger partial charge in [-0.3, -0.25) is 4.79 Å². The number of benzene rings is 1. The van der Waals surface area contributed by atoms with Crippen LogP contribution in [0.4, 0.5) is 4.39 Å². The number of nitrogens with zero attached hydrogens (tertiary/aromatic N) is 1. The van der Waals surface area contributed by atoms with Crippen LogP contribution in [0.2, 0.25) is 0 Å². The van der Waals surface area contributed by atoms with Gasteiger partial charge in [-0.15, -0.1) is 12.4 Å². The molecular formula is C15H22ClFN2O. The van der Waals surface area contributed by atoms with Crippen LogP contribution < -0.4 is 5.32 Å². The van der Waals surface area contributed by atoms with Crippen LogP contribution in [-0.4, -0.2) is 30.9 Å². The number of halogens is 2. The SMILES string of the molecule is CN(Cc1ccc(F)cc1)C(=O)C1(C)CCCNC1.Cl. The Morgan fingerprint density at radius 3 is 2.60 bits per heavy atom. The Morgan fingerprint density at radius 2 is 2.05 bits per heavy atom. The number of carbonyl (C=O) groups is 1. The minimum atomic E-state index is -0.312. The van der Waals surface area contributed by atoms with Crippen LogP contribution in [0.5, 0.6) is 0 Å². The van der Waals surface area contributed by atoms with Gasteiger partial charge in [0, 0.05) is 20.1 Å². The Morgan fingerprint density at radius 1 is 1.40 bits per heavy atom. The van der Waals surface area contributed by atoms with Crippen molar-refractivity contribution in [3.8, 4) is 0 Å².